The summed E-state index contributed by atoms with van der Waals surface area (Å²) in [5, 5.41) is 2.98. The second-order valence-electron chi connectivity index (χ2n) is 6.73. The summed E-state index contributed by atoms with van der Waals surface area (Å²) in [5.41, 5.74) is 4.18. The fourth-order valence-corrected chi connectivity index (χ4v) is 2.57. The summed E-state index contributed by atoms with van der Waals surface area (Å²) in [6, 6.07) is 4.28. The molecule has 1 atom stereocenters. The van der Waals surface area contributed by atoms with Crippen LogP contribution in [0.1, 0.15) is 30.5 Å². The summed E-state index contributed by atoms with van der Waals surface area (Å²) >= 11 is 0. The molecule has 5 nitrogen and oxygen atoms in total. The van der Waals surface area contributed by atoms with Gasteiger partial charge < -0.3 is 15.1 Å². The van der Waals surface area contributed by atoms with E-state index in [0.717, 1.165) is 21.7 Å². The maximum atomic E-state index is 12.2. The van der Waals surface area contributed by atoms with Crippen LogP contribution in [-0.4, -0.2) is 49.9 Å². The van der Waals surface area contributed by atoms with Crippen LogP contribution in [0.4, 0.5) is 5.69 Å². The Labute approximate surface area is 139 Å². The van der Waals surface area contributed by atoms with Crippen molar-refractivity contribution in [2.45, 2.75) is 40.7 Å². The quantitative estimate of drug-likeness (QED) is 0.819. The summed E-state index contributed by atoms with van der Waals surface area (Å²) in [7, 11) is 3.65. The molecular weight excluding hydrogens is 290 g/mol. The molecule has 5 heteroatoms. The highest BCUT2D eigenvalue weighted by Crippen LogP contribution is 2.21. The molecule has 1 aromatic rings. The fourth-order valence-electron chi connectivity index (χ4n) is 2.57. The van der Waals surface area contributed by atoms with Crippen LogP contribution in [0.25, 0.3) is 0 Å². The van der Waals surface area contributed by atoms with Crippen LogP contribution in [0.3, 0.4) is 0 Å². The van der Waals surface area contributed by atoms with E-state index >= 15 is 0 Å². The van der Waals surface area contributed by atoms with Crippen molar-refractivity contribution in [1.29, 1.82) is 0 Å². The number of likely N-dealkylation sites (N-methyl/N-ethyl adjacent to an activating group) is 2. The third kappa shape index (κ3) is 5.67. The lowest BCUT2D eigenvalue weighted by atomic mass is 10.1. The molecule has 128 valence electrons. The van der Waals surface area contributed by atoms with E-state index in [-0.39, 0.29) is 24.4 Å². The molecule has 0 spiro atoms. The number of anilines is 1. The molecule has 0 aliphatic heterocycles. The fraction of sp³-hybridized carbons (Fsp3) is 0.556. The van der Waals surface area contributed by atoms with Crippen molar-refractivity contribution >= 4 is 17.5 Å². The van der Waals surface area contributed by atoms with Crippen molar-refractivity contribution < 1.29 is 14.5 Å². The highest BCUT2D eigenvalue weighted by Gasteiger charge is 2.19. The lowest BCUT2D eigenvalue weighted by molar-refractivity contribution is -0.862. The number of carbonyl (C=O) groups is 2. The molecule has 0 heterocycles. The SMILES string of the molecule is Cc1cc(C)c(NC(=O)C[NH+](C)CC(=O)N(C)C(C)C)c(C)c1. The van der Waals surface area contributed by atoms with Gasteiger partial charge in [-0.3, -0.25) is 9.59 Å². The van der Waals surface area contributed by atoms with E-state index in [1.54, 1.807) is 11.9 Å². The second-order valence-corrected chi connectivity index (χ2v) is 6.73. The first kappa shape index (κ1) is 19.2. The van der Waals surface area contributed by atoms with Crippen LogP contribution >= 0.6 is 0 Å². The molecule has 1 aromatic carbocycles. The third-order valence-electron chi connectivity index (χ3n) is 4.02. The van der Waals surface area contributed by atoms with Gasteiger partial charge in [0.2, 0.25) is 0 Å². The Morgan fingerprint density at radius 2 is 1.65 bits per heavy atom. The smallest absolute Gasteiger partial charge is 0.279 e. The first-order valence-electron chi connectivity index (χ1n) is 8.06. The number of carbonyl (C=O) groups excluding carboxylic acids is 2. The average molecular weight is 320 g/mol. The Morgan fingerprint density at radius 3 is 2.13 bits per heavy atom. The van der Waals surface area contributed by atoms with Gasteiger partial charge in [0.25, 0.3) is 11.8 Å². The average Bonchev–Trinajstić information content (AvgIpc) is 2.41. The maximum absolute atomic E-state index is 12.2. The molecule has 0 saturated carbocycles. The number of aryl methyl sites for hydroxylation is 3. The van der Waals surface area contributed by atoms with Crippen LogP contribution in [0.15, 0.2) is 12.1 Å². The van der Waals surface area contributed by atoms with Gasteiger partial charge in [-0.1, -0.05) is 17.7 Å². The van der Waals surface area contributed by atoms with Crippen molar-refractivity contribution in [1.82, 2.24) is 4.90 Å². The molecule has 0 aromatic heterocycles. The van der Waals surface area contributed by atoms with Crippen LogP contribution in [0.5, 0.6) is 0 Å². The molecule has 0 saturated heterocycles. The minimum Gasteiger partial charge on any atom is -0.338 e. The molecular formula is C18H30N3O2+. The van der Waals surface area contributed by atoms with Gasteiger partial charge in [-0.05, 0) is 45.7 Å². The van der Waals surface area contributed by atoms with Gasteiger partial charge in [-0.2, -0.15) is 0 Å². The van der Waals surface area contributed by atoms with Crippen LogP contribution in [0.2, 0.25) is 0 Å². The van der Waals surface area contributed by atoms with Crippen molar-refractivity contribution in [3.63, 3.8) is 0 Å². The summed E-state index contributed by atoms with van der Waals surface area (Å²) in [4.78, 5) is 26.9. The number of nitrogens with one attached hydrogen (secondary N) is 2. The van der Waals surface area contributed by atoms with Gasteiger partial charge in [0.05, 0.1) is 7.05 Å². The van der Waals surface area contributed by atoms with Crippen molar-refractivity contribution in [2.75, 3.05) is 32.5 Å². The van der Waals surface area contributed by atoms with E-state index < -0.39 is 0 Å². The highest BCUT2D eigenvalue weighted by molar-refractivity contribution is 5.93. The number of hydrogen-bond acceptors (Lipinski definition) is 2. The number of benzene rings is 1. The van der Waals surface area contributed by atoms with E-state index in [9.17, 15) is 9.59 Å². The summed E-state index contributed by atoms with van der Waals surface area (Å²) < 4.78 is 0. The van der Waals surface area contributed by atoms with E-state index in [0.29, 0.717) is 6.54 Å². The molecule has 0 radical (unpaired) electrons. The normalized spacial score (nSPS) is 12.2. The molecule has 0 aliphatic rings. The Balaban J connectivity index is 2.62. The Hall–Kier alpha value is -1.88. The minimum absolute atomic E-state index is 0.0491. The molecule has 0 bridgehead atoms. The zero-order valence-corrected chi connectivity index (χ0v) is 15.4. The molecule has 2 N–H and O–H groups in total. The Morgan fingerprint density at radius 1 is 1.13 bits per heavy atom. The zero-order valence-electron chi connectivity index (χ0n) is 15.4. The van der Waals surface area contributed by atoms with E-state index in [4.69, 9.17) is 0 Å². The summed E-state index contributed by atoms with van der Waals surface area (Å²) in [6.45, 7) is 10.6. The largest absolute Gasteiger partial charge is 0.338 e. The van der Waals surface area contributed by atoms with Crippen molar-refractivity contribution in [3.05, 3.63) is 28.8 Å². The molecule has 1 unspecified atom stereocenters. The predicted octanol–water partition coefficient (Wildman–Crippen LogP) is 0.932. The minimum atomic E-state index is -0.0717. The standard InChI is InChI=1S/C18H29N3O2/c1-12(2)21(7)17(23)11-20(6)10-16(22)19-18-14(4)8-13(3)9-15(18)5/h8-9,12H,10-11H2,1-7H3,(H,19,22)/p+1. The topological polar surface area (TPSA) is 53.9 Å². The van der Waals surface area contributed by atoms with Crippen LogP contribution in [-0.2, 0) is 9.59 Å². The molecule has 2 amide bonds. The monoisotopic (exact) mass is 320 g/mol. The molecule has 23 heavy (non-hydrogen) atoms. The van der Waals surface area contributed by atoms with Gasteiger partial charge in [0.1, 0.15) is 0 Å². The van der Waals surface area contributed by atoms with Crippen molar-refractivity contribution in [2.24, 2.45) is 0 Å². The first-order valence-corrected chi connectivity index (χ1v) is 8.06. The summed E-state index contributed by atoms with van der Waals surface area (Å²) in [5.74, 6) is -0.0226. The number of nitrogens with zero attached hydrogens (tertiary/aromatic N) is 1. The van der Waals surface area contributed by atoms with Gasteiger partial charge in [-0.15, -0.1) is 0 Å². The highest BCUT2D eigenvalue weighted by atomic mass is 16.2. The van der Waals surface area contributed by atoms with Crippen molar-refractivity contribution in [3.8, 4) is 0 Å². The number of quaternary nitrogens is 1. The van der Waals surface area contributed by atoms with Crippen LogP contribution in [0, 0.1) is 20.8 Å². The van der Waals surface area contributed by atoms with E-state index in [1.807, 2.05) is 41.7 Å². The Bertz CT molecular complexity index is 559. The van der Waals surface area contributed by atoms with Gasteiger partial charge >= 0.3 is 0 Å². The molecule has 0 aliphatic carbocycles. The van der Waals surface area contributed by atoms with E-state index in [1.165, 1.54) is 5.56 Å². The first-order chi connectivity index (χ1) is 10.6. The molecule has 0 fully saturated rings. The second kappa shape index (κ2) is 8.11. The Kier molecular flexibility index (Phi) is 6.76. The van der Waals surface area contributed by atoms with Crippen LogP contribution < -0.4 is 10.2 Å². The third-order valence-corrected chi connectivity index (χ3v) is 4.02. The number of hydrogen-bond donors (Lipinski definition) is 2. The maximum Gasteiger partial charge on any atom is 0.279 e. The van der Waals surface area contributed by atoms with Gasteiger partial charge in [0.15, 0.2) is 13.1 Å². The lowest BCUT2D eigenvalue weighted by Gasteiger charge is -2.23. The van der Waals surface area contributed by atoms with Gasteiger partial charge in [0, 0.05) is 18.8 Å². The molecule has 1 rings (SSSR count). The predicted molar refractivity (Wildman–Crippen MR) is 93.8 cm³/mol. The number of amides is 2. The number of rotatable bonds is 6. The van der Waals surface area contributed by atoms with E-state index in [2.05, 4.69) is 17.4 Å². The zero-order chi connectivity index (χ0) is 17.7. The lowest BCUT2D eigenvalue weighted by Crippen LogP contribution is -3.11. The summed E-state index contributed by atoms with van der Waals surface area (Å²) in [6.07, 6.45) is 0. The van der Waals surface area contributed by atoms with Gasteiger partial charge in [-0.25, -0.2) is 0 Å².